The first kappa shape index (κ1) is 15.6. The smallest absolute Gasteiger partial charge is 0.245 e. The SMILES string of the molecule is CCN(C(=O)C1CC(c2ccc(F)cc2)NN1)c1ccccc1. The number of amides is 1. The van der Waals surface area contributed by atoms with E-state index in [1.54, 1.807) is 17.0 Å². The van der Waals surface area contributed by atoms with E-state index in [9.17, 15) is 9.18 Å². The van der Waals surface area contributed by atoms with E-state index in [2.05, 4.69) is 10.9 Å². The quantitative estimate of drug-likeness (QED) is 0.912. The van der Waals surface area contributed by atoms with Gasteiger partial charge < -0.3 is 4.90 Å². The van der Waals surface area contributed by atoms with Crippen LogP contribution in [0.3, 0.4) is 0 Å². The summed E-state index contributed by atoms with van der Waals surface area (Å²) in [6, 6.07) is 15.7. The van der Waals surface area contributed by atoms with Crippen LogP contribution in [0.15, 0.2) is 54.6 Å². The first-order valence-electron chi connectivity index (χ1n) is 7.82. The van der Waals surface area contributed by atoms with Gasteiger partial charge in [-0.05, 0) is 43.2 Å². The van der Waals surface area contributed by atoms with Crippen LogP contribution in [-0.4, -0.2) is 18.5 Å². The molecule has 1 amide bonds. The average Bonchev–Trinajstić information content (AvgIpc) is 3.07. The molecule has 0 aliphatic carbocycles. The molecule has 0 aromatic heterocycles. The molecule has 2 aromatic carbocycles. The summed E-state index contributed by atoms with van der Waals surface area (Å²) in [4.78, 5) is 14.5. The zero-order valence-electron chi connectivity index (χ0n) is 13.0. The van der Waals surface area contributed by atoms with Crippen LogP contribution >= 0.6 is 0 Å². The molecule has 0 spiro atoms. The number of hydrazine groups is 1. The lowest BCUT2D eigenvalue weighted by Gasteiger charge is -2.24. The minimum atomic E-state index is -0.301. The van der Waals surface area contributed by atoms with Gasteiger partial charge in [-0.15, -0.1) is 0 Å². The third-order valence-electron chi connectivity index (χ3n) is 4.12. The van der Waals surface area contributed by atoms with Crippen molar-refractivity contribution in [3.8, 4) is 0 Å². The summed E-state index contributed by atoms with van der Waals surface area (Å²) in [5, 5.41) is 0. The standard InChI is InChI=1S/C18H20FN3O/c1-2-22(15-6-4-3-5-7-15)18(23)17-12-16(20-21-17)13-8-10-14(19)11-9-13/h3-11,16-17,20-21H,2,12H2,1H3. The van der Waals surface area contributed by atoms with E-state index in [-0.39, 0.29) is 23.8 Å². The van der Waals surface area contributed by atoms with Crippen molar-refractivity contribution in [2.24, 2.45) is 0 Å². The van der Waals surface area contributed by atoms with Crippen LogP contribution in [0.2, 0.25) is 0 Å². The molecule has 1 aliphatic rings. The highest BCUT2D eigenvalue weighted by Gasteiger charge is 2.32. The summed E-state index contributed by atoms with van der Waals surface area (Å²) in [7, 11) is 0. The monoisotopic (exact) mass is 313 g/mol. The van der Waals surface area contributed by atoms with E-state index >= 15 is 0 Å². The van der Waals surface area contributed by atoms with Crippen molar-refractivity contribution >= 4 is 11.6 Å². The summed E-state index contributed by atoms with van der Waals surface area (Å²) in [6.45, 7) is 2.58. The largest absolute Gasteiger partial charge is 0.311 e. The Labute approximate surface area is 135 Å². The maximum atomic E-state index is 13.0. The van der Waals surface area contributed by atoms with Crippen molar-refractivity contribution in [2.45, 2.75) is 25.4 Å². The number of nitrogens with zero attached hydrogens (tertiary/aromatic N) is 1. The van der Waals surface area contributed by atoms with E-state index in [4.69, 9.17) is 0 Å². The molecule has 2 aromatic rings. The van der Waals surface area contributed by atoms with Crippen LogP contribution in [0.4, 0.5) is 10.1 Å². The second kappa shape index (κ2) is 6.89. The average molecular weight is 313 g/mol. The van der Waals surface area contributed by atoms with E-state index in [0.29, 0.717) is 13.0 Å². The number of anilines is 1. The van der Waals surface area contributed by atoms with E-state index < -0.39 is 0 Å². The molecule has 2 atom stereocenters. The molecule has 4 nitrogen and oxygen atoms in total. The highest BCUT2D eigenvalue weighted by Crippen LogP contribution is 2.24. The molecule has 1 heterocycles. The summed E-state index contributed by atoms with van der Waals surface area (Å²) in [6.07, 6.45) is 0.633. The molecule has 3 rings (SSSR count). The van der Waals surface area contributed by atoms with E-state index in [1.165, 1.54) is 12.1 Å². The minimum absolute atomic E-state index is 0.000899. The number of rotatable bonds is 4. The summed E-state index contributed by atoms with van der Waals surface area (Å²) >= 11 is 0. The first-order chi connectivity index (χ1) is 11.2. The molecule has 0 radical (unpaired) electrons. The predicted octanol–water partition coefficient (Wildman–Crippen LogP) is 2.79. The molecule has 1 aliphatic heterocycles. The molecule has 23 heavy (non-hydrogen) atoms. The lowest BCUT2D eigenvalue weighted by Crippen LogP contribution is -2.45. The zero-order valence-corrected chi connectivity index (χ0v) is 13.0. The van der Waals surface area contributed by atoms with Gasteiger partial charge in [0, 0.05) is 18.3 Å². The molecule has 5 heteroatoms. The van der Waals surface area contributed by atoms with Crippen LogP contribution in [0, 0.1) is 5.82 Å². The molecular weight excluding hydrogens is 293 g/mol. The van der Waals surface area contributed by atoms with Gasteiger partial charge in [-0.2, -0.15) is 0 Å². The lowest BCUT2D eigenvalue weighted by atomic mass is 10.0. The fourth-order valence-electron chi connectivity index (χ4n) is 2.89. The number of hydrogen-bond donors (Lipinski definition) is 2. The maximum Gasteiger partial charge on any atom is 0.245 e. The topological polar surface area (TPSA) is 44.4 Å². The summed E-state index contributed by atoms with van der Waals surface area (Å²) in [5.74, 6) is -0.218. The van der Waals surface area contributed by atoms with Crippen molar-refractivity contribution in [2.75, 3.05) is 11.4 Å². The fraction of sp³-hybridized carbons (Fsp3) is 0.278. The van der Waals surface area contributed by atoms with Crippen molar-refractivity contribution in [1.29, 1.82) is 0 Å². The Morgan fingerprint density at radius 3 is 2.48 bits per heavy atom. The van der Waals surface area contributed by atoms with Crippen LogP contribution in [0.5, 0.6) is 0 Å². The Morgan fingerprint density at radius 1 is 1.13 bits per heavy atom. The first-order valence-corrected chi connectivity index (χ1v) is 7.82. The fourth-order valence-corrected chi connectivity index (χ4v) is 2.89. The van der Waals surface area contributed by atoms with Gasteiger partial charge in [0.1, 0.15) is 11.9 Å². The molecule has 0 saturated carbocycles. The van der Waals surface area contributed by atoms with Crippen LogP contribution in [0.1, 0.15) is 24.9 Å². The van der Waals surface area contributed by atoms with Crippen LogP contribution < -0.4 is 15.8 Å². The molecule has 1 fully saturated rings. The number of carbonyl (C=O) groups is 1. The number of hydrogen-bond acceptors (Lipinski definition) is 3. The Bertz CT molecular complexity index is 660. The third kappa shape index (κ3) is 3.41. The van der Waals surface area contributed by atoms with Crippen molar-refractivity contribution < 1.29 is 9.18 Å². The Balaban J connectivity index is 1.70. The number of likely N-dealkylation sites (N-methyl/N-ethyl adjacent to an activating group) is 1. The van der Waals surface area contributed by atoms with Crippen LogP contribution in [0.25, 0.3) is 0 Å². The Kier molecular flexibility index (Phi) is 4.69. The van der Waals surface area contributed by atoms with Gasteiger partial charge in [-0.1, -0.05) is 30.3 Å². The second-order valence-corrected chi connectivity index (χ2v) is 5.60. The van der Waals surface area contributed by atoms with Crippen molar-refractivity contribution in [3.63, 3.8) is 0 Å². The lowest BCUT2D eigenvalue weighted by molar-refractivity contribution is -0.120. The minimum Gasteiger partial charge on any atom is -0.311 e. The van der Waals surface area contributed by atoms with Gasteiger partial charge >= 0.3 is 0 Å². The highest BCUT2D eigenvalue weighted by atomic mass is 19.1. The Morgan fingerprint density at radius 2 is 1.83 bits per heavy atom. The Hall–Kier alpha value is -2.24. The van der Waals surface area contributed by atoms with E-state index in [0.717, 1.165) is 11.3 Å². The van der Waals surface area contributed by atoms with Crippen LogP contribution in [-0.2, 0) is 4.79 Å². The summed E-state index contributed by atoms with van der Waals surface area (Å²) < 4.78 is 13.0. The zero-order chi connectivity index (χ0) is 16.2. The van der Waals surface area contributed by atoms with Crippen molar-refractivity contribution in [3.05, 3.63) is 66.0 Å². The van der Waals surface area contributed by atoms with Gasteiger partial charge in [0.15, 0.2) is 0 Å². The maximum absolute atomic E-state index is 13.0. The normalized spacial score (nSPS) is 20.4. The molecule has 120 valence electrons. The van der Waals surface area contributed by atoms with Crippen molar-refractivity contribution in [1.82, 2.24) is 10.9 Å². The number of benzene rings is 2. The number of carbonyl (C=O) groups excluding carboxylic acids is 1. The number of para-hydroxylation sites is 1. The second-order valence-electron chi connectivity index (χ2n) is 5.60. The van der Waals surface area contributed by atoms with Gasteiger partial charge in [-0.25, -0.2) is 15.2 Å². The molecule has 2 unspecified atom stereocenters. The van der Waals surface area contributed by atoms with Gasteiger partial charge in [0.25, 0.3) is 0 Å². The third-order valence-corrected chi connectivity index (χ3v) is 4.12. The number of halogens is 1. The number of nitrogens with one attached hydrogen (secondary N) is 2. The van der Waals surface area contributed by atoms with Gasteiger partial charge in [0.05, 0.1) is 0 Å². The molecule has 1 saturated heterocycles. The van der Waals surface area contributed by atoms with Gasteiger partial charge in [0.2, 0.25) is 5.91 Å². The predicted molar refractivity (Wildman–Crippen MR) is 88.3 cm³/mol. The highest BCUT2D eigenvalue weighted by molar-refractivity contribution is 5.97. The van der Waals surface area contributed by atoms with E-state index in [1.807, 2.05) is 37.3 Å². The molecule has 2 N–H and O–H groups in total. The summed E-state index contributed by atoms with van der Waals surface area (Å²) in [5.41, 5.74) is 8.07. The molecular formula is C18H20FN3O. The molecule has 0 bridgehead atoms. The van der Waals surface area contributed by atoms with Gasteiger partial charge in [-0.3, -0.25) is 4.79 Å².